The van der Waals surface area contributed by atoms with Crippen LogP contribution in [0.2, 0.25) is 0 Å². The molecule has 103 heavy (non-hydrogen) atoms. The summed E-state index contributed by atoms with van der Waals surface area (Å²) in [6.07, 6.45) is 122. The number of carbonyl (C=O) groups is 3. The van der Waals surface area contributed by atoms with Gasteiger partial charge in [0.25, 0.3) is 6.29 Å². The van der Waals surface area contributed by atoms with E-state index in [2.05, 4.69) is 196 Å². The minimum atomic E-state index is -1.52. The topological polar surface area (TPSA) is 108 Å². The van der Waals surface area contributed by atoms with Crippen LogP contribution in [0.3, 0.4) is 0 Å². The molecule has 0 bridgehead atoms. The number of esters is 2. The molecule has 0 fully saturated rings. The lowest BCUT2D eigenvalue weighted by Crippen LogP contribution is -2.40. The maximum Gasteiger partial charge on any atom is 0.361 e. The molecule has 9 heteroatoms. The SMILES string of the molecule is CC/C=C\C/C=C\C/C=C\C/C=C\C/C=C\C/C=C\C/C=C\C/C=C\C/C=C\CCCCCCCCCCCC(=O)OC(COC(=O)CCCCCCCCCCCCCCCCCCCCCCCC/C=C\C/C=C\C/C=C\C/C=C\C/C=C\C/C=C\CC)COC(OCC[N+](C)(C)C)C(=O)O. The number of hydrogen-bond donors (Lipinski definition) is 1. The van der Waals surface area contributed by atoms with E-state index in [9.17, 15) is 19.5 Å². The first-order chi connectivity index (χ1) is 50.6. The van der Waals surface area contributed by atoms with Gasteiger partial charge in [0.1, 0.15) is 13.2 Å². The molecule has 0 rings (SSSR count). The van der Waals surface area contributed by atoms with Crippen LogP contribution in [0, 0.1) is 0 Å². The summed E-state index contributed by atoms with van der Waals surface area (Å²) in [4.78, 5) is 37.8. The van der Waals surface area contributed by atoms with E-state index >= 15 is 0 Å². The highest BCUT2D eigenvalue weighted by Gasteiger charge is 2.25. The Labute approximate surface area is 634 Å². The zero-order chi connectivity index (χ0) is 74.6. The fourth-order valence-corrected chi connectivity index (χ4v) is 11.4. The Kier molecular flexibility index (Phi) is 77.6. The number of unbranched alkanes of at least 4 members (excludes halogenated alkanes) is 31. The van der Waals surface area contributed by atoms with Crippen LogP contribution in [0.1, 0.15) is 335 Å². The van der Waals surface area contributed by atoms with E-state index in [1.54, 1.807) is 0 Å². The van der Waals surface area contributed by atoms with Crippen LogP contribution in [0.25, 0.3) is 0 Å². The average Bonchev–Trinajstić information content (AvgIpc) is 1.16. The van der Waals surface area contributed by atoms with Crippen molar-refractivity contribution in [2.45, 2.75) is 347 Å². The van der Waals surface area contributed by atoms with Crippen molar-refractivity contribution >= 4 is 17.9 Å². The summed E-state index contributed by atoms with van der Waals surface area (Å²) >= 11 is 0. The maximum atomic E-state index is 13.0. The van der Waals surface area contributed by atoms with Crippen LogP contribution in [0.15, 0.2) is 182 Å². The zero-order valence-corrected chi connectivity index (χ0v) is 66.9. The number of ether oxygens (including phenoxy) is 4. The standard InChI is InChI=1S/C94H155NO8/c1-6-8-10-12-14-16-18-20-22-24-26-28-30-32-34-36-38-40-42-44-45-46-47-49-50-52-54-56-58-60-62-64-66-68-70-72-74-76-78-80-82-84-91(96)101-88-90(89-102-94(93(98)99)100-87-86-95(3,4)5)103-92(97)85-83-81-79-77-75-73-71-69-67-65-63-61-59-57-55-53-51-48-43-41-39-37-35-33-31-29-27-25-23-21-19-17-15-13-11-9-7-2/h8-11,14-17,20-23,26-29,32-35,38-41,48,51,55,57,61,63,90,94H,6-7,12-13,18-19,24-25,30-31,36-37,42-47,49-50,52-54,56,58-60,62,64-89H2,1-5H3/p+1/b10-8-,11-9-,16-14-,17-15-,22-20-,23-21-,28-26-,29-27-,34-32-,35-33-,40-38-,41-39-,51-48-,57-55-,63-61-. The van der Waals surface area contributed by atoms with E-state index in [-0.39, 0.29) is 32.2 Å². The van der Waals surface area contributed by atoms with E-state index in [0.717, 1.165) is 141 Å². The van der Waals surface area contributed by atoms with Crippen LogP contribution < -0.4 is 0 Å². The monoisotopic (exact) mass is 1430 g/mol. The third-order valence-electron chi connectivity index (χ3n) is 17.7. The Hall–Kier alpha value is -5.61. The smallest absolute Gasteiger partial charge is 0.361 e. The van der Waals surface area contributed by atoms with Crippen molar-refractivity contribution in [3.05, 3.63) is 182 Å². The second-order valence-electron chi connectivity index (χ2n) is 28.7. The number of likely N-dealkylation sites (N-methyl/N-ethyl adjacent to an activating group) is 1. The van der Waals surface area contributed by atoms with Gasteiger partial charge in [-0.2, -0.15) is 0 Å². The normalized spacial score (nSPS) is 13.6. The predicted octanol–water partition coefficient (Wildman–Crippen LogP) is 27.5. The third-order valence-corrected chi connectivity index (χ3v) is 17.7. The summed E-state index contributed by atoms with van der Waals surface area (Å²) in [7, 11) is 5.98. The lowest BCUT2D eigenvalue weighted by Gasteiger charge is -2.25. The zero-order valence-electron chi connectivity index (χ0n) is 66.9. The highest BCUT2D eigenvalue weighted by molar-refractivity contribution is 5.71. The molecule has 2 unspecified atom stereocenters. The van der Waals surface area contributed by atoms with Gasteiger partial charge in [0.2, 0.25) is 0 Å². The van der Waals surface area contributed by atoms with Crippen LogP contribution >= 0.6 is 0 Å². The van der Waals surface area contributed by atoms with Crippen LogP contribution in [-0.2, 0) is 33.3 Å². The summed E-state index contributed by atoms with van der Waals surface area (Å²) in [6, 6.07) is 0. The summed E-state index contributed by atoms with van der Waals surface area (Å²) in [5.41, 5.74) is 0. The van der Waals surface area contributed by atoms with E-state index in [4.69, 9.17) is 18.9 Å². The van der Waals surface area contributed by atoms with Crippen molar-refractivity contribution in [1.82, 2.24) is 0 Å². The molecule has 0 saturated heterocycles. The van der Waals surface area contributed by atoms with E-state index in [0.29, 0.717) is 23.9 Å². The second-order valence-corrected chi connectivity index (χ2v) is 28.7. The van der Waals surface area contributed by atoms with Gasteiger partial charge < -0.3 is 28.5 Å². The quantitative estimate of drug-likeness (QED) is 0.0211. The van der Waals surface area contributed by atoms with E-state index in [1.807, 2.05) is 21.1 Å². The Morgan fingerprint density at radius 2 is 0.524 bits per heavy atom. The van der Waals surface area contributed by atoms with Gasteiger partial charge in [0.15, 0.2) is 6.10 Å². The van der Waals surface area contributed by atoms with Gasteiger partial charge >= 0.3 is 17.9 Å². The molecule has 1 N–H and O–H groups in total. The molecule has 0 spiro atoms. The molecule has 584 valence electrons. The van der Waals surface area contributed by atoms with Gasteiger partial charge in [0.05, 0.1) is 34.4 Å². The largest absolute Gasteiger partial charge is 0.477 e. The van der Waals surface area contributed by atoms with Crippen molar-refractivity contribution in [3.8, 4) is 0 Å². The summed E-state index contributed by atoms with van der Waals surface area (Å²) in [5.74, 6) is -2.01. The second kappa shape index (κ2) is 82.1. The predicted molar refractivity (Wildman–Crippen MR) is 446 cm³/mol. The fraction of sp³-hybridized carbons (Fsp3) is 0.649. The maximum absolute atomic E-state index is 13.0. The van der Waals surface area contributed by atoms with Gasteiger partial charge in [-0.05, 0) is 135 Å². The summed E-state index contributed by atoms with van der Waals surface area (Å²) < 4.78 is 23.1. The molecule has 0 radical (unpaired) electrons. The highest BCUT2D eigenvalue weighted by atomic mass is 16.7. The molecule has 0 aliphatic rings. The molecule has 0 aromatic carbocycles. The molecular weight excluding hydrogens is 1270 g/mol. The third kappa shape index (κ3) is 83.5. The Bertz CT molecular complexity index is 2360. The van der Waals surface area contributed by atoms with Crippen LogP contribution in [0.5, 0.6) is 0 Å². The number of rotatable bonds is 76. The first kappa shape index (κ1) is 97.4. The lowest BCUT2D eigenvalue weighted by atomic mass is 10.0. The van der Waals surface area contributed by atoms with Crippen molar-refractivity contribution in [2.24, 2.45) is 0 Å². The summed E-state index contributed by atoms with van der Waals surface area (Å²) in [6.45, 7) is 4.65. The van der Waals surface area contributed by atoms with Crippen molar-refractivity contribution in [1.29, 1.82) is 0 Å². The molecule has 0 aliphatic heterocycles. The summed E-state index contributed by atoms with van der Waals surface area (Å²) in [5, 5.41) is 9.79. The number of carboxylic acids is 1. The number of allylic oxidation sites excluding steroid dienone is 30. The molecule has 0 aromatic rings. The molecule has 0 saturated carbocycles. The Balaban J connectivity index is 4.05. The van der Waals surface area contributed by atoms with Gasteiger partial charge in [-0.3, -0.25) is 9.59 Å². The van der Waals surface area contributed by atoms with Crippen molar-refractivity contribution in [2.75, 3.05) is 47.5 Å². The van der Waals surface area contributed by atoms with E-state index in [1.165, 1.54) is 161 Å². The van der Waals surface area contributed by atoms with Gasteiger partial charge in [-0.1, -0.05) is 369 Å². The van der Waals surface area contributed by atoms with Crippen molar-refractivity contribution in [3.63, 3.8) is 0 Å². The Morgan fingerprint density at radius 3 is 0.777 bits per heavy atom. The first-order valence-electron chi connectivity index (χ1n) is 41.9. The van der Waals surface area contributed by atoms with Crippen molar-refractivity contribution < 1.29 is 42.9 Å². The Morgan fingerprint density at radius 1 is 0.291 bits per heavy atom. The molecule has 2 atom stereocenters. The number of quaternary nitrogens is 1. The minimum Gasteiger partial charge on any atom is -0.477 e. The number of carboxylic acid groups (broad SMARTS) is 1. The number of aliphatic carboxylic acids is 1. The number of hydrogen-bond acceptors (Lipinski definition) is 7. The van der Waals surface area contributed by atoms with Crippen LogP contribution in [-0.4, -0.2) is 87.4 Å². The number of carbonyl (C=O) groups excluding carboxylic acids is 2. The van der Waals surface area contributed by atoms with E-state index < -0.39 is 24.3 Å². The molecule has 0 aliphatic carbocycles. The molecule has 0 aromatic heterocycles. The minimum absolute atomic E-state index is 0.180. The highest BCUT2D eigenvalue weighted by Crippen LogP contribution is 2.18. The number of nitrogens with zero attached hydrogens (tertiary/aromatic N) is 1. The molecular formula is C94H156NO8+. The van der Waals surface area contributed by atoms with Gasteiger partial charge in [-0.15, -0.1) is 0 Å². The molecule has 0 heterocycles. The van der Waals surface area contributed by atoms with Gasteiger partial charge in [0, 0.05) is 12.8 Å². The molecule has 9 nitrogen and oxygen atoms in total. The first-order valence-corrected chi connectivity index (χ1v) is 41.9. The fourth-order valence-electron chi connectivity index (χ4n) is 11.4. The lowest BCUT2D eigenvalue weighted by molar-refractivity contribution is -0.870. The van der Waals surface area contributed by atoms with Crippen LogP contribution in [0.4, 0.5) is 0 Å². The average molecular weight is 1430 g/mol. The molecule has 0 amide bonds. The van der Waals surface area contributed by atoms with Gasteiger partial charge in [-0.25, -0.2) is 4.79 Å².